The van der Waals surface area contributed by atoms with Crippen molar-refractivity contribution in [1.29, 1.82) is 0 Å². The minimum Gasteiger partial charge on any atom is -0.461 e. The van der Waals surface area contributed by atoms with Crippen LogP contribution in [0.25, 0.3) is 11.1 Å². The first-order valence-corrected chi connectivity index (χ1v) is 16.7. The van der Waals surface area contributed by atoms with E-state index in [9.17, 15) is 18.0 Å². The molecular weight excluding hydrogens is 614 g/mol. The van der Waals surface area contributed by atoms with E-state index in [0.717, 1.165) is 33.4 Å². The molecule has 1 amide bonds. The minimum absolute atomic E-state index is 0.0229. The van der Waals surface area contributed by atoms with Gasteiger partial charge in [0.1, 0.15) is 23.9 Å². The smallest absolute Gasteiger partial charge is 0.407 e. The van der Waals surface area contributed by atoms with Gasteiger partial charge in [-0.1, -0.05) is 109 Å². The Morgan fingerprint density at radius 2 is 1.23 bits per heavy atom. The highest BCUT2D eigenvalue weighted by atomic mass is 32.2. The third-order valence-corrected chi connectivity index (χ3v) is 9.30. The van der Waals surface area contributed by atoms with Gasteiger partial charge in [0.15, 0.2) is 0 Å². The Bertz CT molecular complexity index is 1900. The predicted molar refractivity (Wildman–Crippen MR) is 177 cm³/mol. The number of carbonyl (C=O) groups is 2. The summed E-state index contributed by atoms with van der Waals surface area (Å²) in [5.41, 5.74) is 6.04. The summed E-state index contributed by atoms with van der Waals surface area (Å²) in [6, 6.07) is 39.8. The first-order chi connectivity index (χ1) is 22.9. The summed E-state index contributed by atoms with van der Waals surface area (Å²) in [5, 5.41) is 2.75. The normalized spacial score (nSPS) is 12.8. The summed E-state index contributed by atoms with van der Waals surface area (Å²) in [6.07, 6.45) is -0.411. The Kier molecular flexibility index (Phi) is 9.64. The molecule has 6 rings (SSSR count). The van der Waals surface area contributed by atoms with Crippen LogP contribution in [-0.4, -0.2) is 33.6 Å². The van der Waals surface area contributed by atoms with Crippen LogP contribution in [0.15, 0.2) is 138 Å². The number of nitrogens with one attached hydrogen (secondary N) is 1. The van der Waals surface area contributed by atoms with Crippen molar-refractivity contribution in [3.63, 3.8) is 0 Å². The molecule has 0 heterocycles. The Labute approximate surface area is 274 Å². The van der Waals surface area contributed by atoms with Crippen molar-refractivity contribution in [1.82, 2.24) is 5.32 Å². The van der Waals surface area contributed by atoms with Crippen LogP contribution >= 0.6 is 0 Å². The zero-order valence-electron chi connectivity index (χ0n) is 25.5. The Morgan fingerprint density at radius 3 is 1.87 bits per heavy atom. The van der Waals surface area contributed by atoms with E-state index >= 15 is 0 Å². The Hall–Kier alpha value is -5.41. The number of carbonyl (C=O) groups excluding carboxylic acids is 2. The second kappa shape index (κ2) is 14.3. The molecule has 238 valence electrons. The van der Waals surface area contributed by atoms with E-state index in [0.29, 0.717) is 0 Å². The van der Waals surface area contributed by atoms with Crippen molar-refractivity contribution in [2.75, 3.05) is 13.2 Å². The third-order valence-electron chi connectivity index (χ3n) is 8.04. The molecule has 47 heavy (non-hydrogen) atoms. The van der Waals surface area contributed by atoms with Crippen molar-refractivity contribution >= 4 is 22.2 Å². The molecule has 0 aliphatic heterocycles. The summed E-state index contributed by atoms with van der Waals surface area (Å²) in [6.45, 7) is 0.215. The molecule has 5 aromatic carbocycles. The number of benzene rings is 5. The van der Waals surface area contributed by atoms with Gasteiger partial charge in [-0.15, -0.1) is 0 Å². The Morgan fingerprint density at radius 1 is 0.660 bits per heavy atom. The summed E-state index contributed by atoms with van der Waals surface area (Å²) in [5.74, 6) is -1.18. The van der Waals surface area contributed by atoms with Crippen LogP contribution in [0.2, 0.25) is 0 Å². The average Bonchev–Trinajstić information content (AvgIpc) is 3.43. The molecule has 1 N–H and O–H groups in total. The maximum absolute atomic E-state index is 13.3. The summed E-state index contributed by atoms with van der Waals surface area (Å²) < 4.78 is 41.8. The molecular formula is C38H33NO7S. The van der Waals surface area contributed by atoms with Gasteiger partial charge >= 0.3 is 22.2 Å². The lowest BCUT2D eigenvalue weighted by Crippen LogP contribution is -2.35. The van der Waals surface area contributed by atoms with Gasteiger partial charge in [-0.3, -0.25) is 4.79 Å². The first kappa shape index (κ1) is 31.6. The molecule has 0 bridgehead atoms. The number of ether oxygens (including phenoxy) is 2. The van der Waals surface area contributed by atoms with Crippen LogP contribution in [0.1, 0.15) is 28.2 Å². The molecule has 1 unspecified atom stereocenters. The van der Waals surface area contributed by atoms with Gasteiger partial charge in [0.2, 0.25) is 0 Å². The number of hydrogen-bond acceptors (Lipinski definition) is 7. The monoisotopic (exact) mass is 647 g/mol. The molecule has 0 spiro atoms. The second-order valence-corrected chi connectivity index (χ2v) is 12.7. The van der Waals surface area contributed by atoms with Crippen LogP contribution in [0.3, 0.4) is 0 Å². The summed E-state index contributed by atoms with van der Waals surface area (Å²) in [4.78, 5) is 26.2. The van der Waals surface area contributed by atoms with Gasteiger partial charge in [0, 0.05) is 12.5 Å². The van der Waals surface area contributed by atoms with Gasteiger partial charge in [0.05, 0.1) is 5.92 Å². The largest absolute Gasteiger partial charge is 0.461 e. The zero-order chi connectivity index (χ0) is 32.6. The van der Waals surface area contributed by atoms with Crippen molar-refractivity contribution in [2.24, 2.45) is 5.92 Å². The van der Waals surface area contributed by atoms with Crippen molar-refractivity contribution in [2.45, 2.75) is 23.8 Å². The first-order valence-electron chi connectivity index (χ1n) is 15.3. The highest BCUT2D eigenvalue weighted by Crippen LogP contribution is 2.44. The SMILES string of the molecule is O=C(NCC(Cc1ccc(OS(=O)(=O)c2ccccc2)cc1)C(=O)OCc1ccccc1)OCC1c2ccccc2-c2ccccc21. The van der Waals surface area contributed by atoms with E-state index in [1.165, 1.54) is 24.3 Å². The molecule has 8 nitrogen and oxygen atoms in total. The van der Waals surface area contributed by atoms with Gasteiger partial charge in [0.25, 0.3) is 0 Å². The quantitative estimate of drug-likeness (QED) is 0.116. The standard InChI is InChI=1S/C38H33NO7S/c40-37(44-25-28-11-3-1-4-12-28)29(23-27-19-21-30(22-20-27)46-47(42,43)31-13-5-2-6-14-31)24-39-38(41)45-26-36-34-17-9-7-15-32(34)33-16-8-10-18-35(33)36/h1-22,29,36H,23-26H2,(H,39,41). The van der Waals surface area contributed by atoms with E-state index in [1.54, 1.807) is 30.3 Å². The van der Waals surface area contributed by atoms with Crippen LogP contribution in [-0.2, 0) is 37.4 Å². The number of esters is 1. The van der Waals surface area contributed by atoms with E-state index in [-0.39, 0.29) is 42.7 Å². The number of amides is 1. The maximum atomic E-state index is 13.3. The lowest BCUT2D eigenvalue weighted by atomic mass is 9.98. The van der Waals surface area contributed by atoms with E-state index in [2.05, 4.69) is 17.4 Å². The predicted octanol–water partition coefficient (Wildman–Crippen LogP) is 6.90. The van der Waals surface area contributed by atoms with E-state index in [4.69, 9.17) is 13.7 Å². The fraction of sp³-hybridized carbons (Fsp3) is 0.158. The average molecular weight is 648 g/mol. The summed E-state index contributed by atoms with van der Waals surface area (Å²) in [7, 11) is -3.99. The second-order valence-electron chi connectivity index (χ2n) is 11.2. The lowest BCUT2D eigenvalue weighted by molar-refractivity contribution is -0.149. The molecule has 0 radical (unpaired) electrons. The number of rotatable bonds is 12. The fourth-order valence-electron chi connectivity index (χ4n) is 5.67. The lowest BCUT2D eigenvalue weighted by Gasteiger charge is -2.18. The third kappa shape index (κ3) is 7.70. The molecule has 0 saturated heterocycles. The number of fused-ring (bicyclic) bond motifs is 3. The highest BCUT2D eigenvalue weighted by molar-refractivity contribution is 7.87. The van der Waals surface area contributed by atoms with Crippen LogP contribution < -0.4 is 9.50 Å². The number of hydrogen-bond donors (Lipinski definition) is 1. The zero-order valence-corrected chi connectivity index (χ0v) is 26.3. The van der Waals surface area contributed by atoms with Gasteiger partial charge < -0.3 is 19.0 Å². The van der Waals surface area contributed by atoms with Gasteiger partial charge in [-0.25, -0.2) is 4.79 Å². The fourth-order valence-corrected chi connectivity index (χ4v) is 6.62. The maximum Gasteiger partial charge on any atom is 0.407 e. The molecule has 0 aromatic heterocycles. The molecule has 9 heteroatoms. The van der Waals surface area contributed by atoms with Crippen molar-refractivity contribution < 1.29 is 31.7 Å². The molecule has 1 aliphatic carbocycles. The highest BCUT2D eigenvalue weighted by Gasteiger charge is 2.29. The molecule has 0 saturated carbocycles. The Balaban J connectivity index is 1.10. The van der Waals surface area contributed by atoms with Gasteiger partial charge in [-0.05, 0) is 64.1 Å². The van der Waals surface area contributed by atoms with E-state index in [1.807, 2.05) is 66.7 Å². The molecule has 1 atom stereocenters. The number of alkyl carbamates (subject to hydrolysis) is 1. The van der Waals surface area contributed by atoms with Crippen molar-refractivity contribution in [3.8, 4) is 16.9 Å². The van der Waals surface area contributed by atoms with Crippen LogP contribution in [0.4, 0.5) is 4.79 Å². The molecule has 0 fully saturated rings. The van der Waals surface area contributed by atoms with Crippen LogP contribution in [0, 0.1) is 5.92 Å². The van der Waals surface area contributed by atoms with Crippen LogP contribution in [0.5, 0.6) is 5.75 Å². The van der Waals surface area contributed by atoms with E-state index < -0.39 is 28.1 Å². The summed E-state index contributed by atoms with van der Waals surface area (Å²) >= 11 is 0. The molecule has 5 aromatic rings. The van der Waals surface area contributed by atoms with Crippen molar-refractivity contribution in [3.05, 3.63) is 156 Å². The minimum atomic E-state index is -3.99. The topological polar surface area (TPSA) is 108 Å². The van der Waals surface area contributed by atoms with Gasteiger partial charge in [-0.2, -0.15) is 8.42 Å². The molecule has 1 aliphatic rings.